The van der Waals surface area contributed by atoms with Crippen molar-refractivity contribution < 1.29 is 9.72 Å². The molecule has 6 nitrogen and oxygen atoms in total. The smallest absolute Gasteiger partial charge is 0.272 e. The number of carbonyl (C=O) groups excluding carboxylic acids is 1. The molecule has 0 spiro atoms. The third-order valence-corrected chi connectivity index (χ3v) is 3.46. The highest BCUT2D eigenvalue weighted by Crippen LogP contribution is 2.21. The summed E-state index contributed by atoms with van der Waals surface area (Å²) in [5, 5.41) is 13.7. The van der Waals surface area contributed by atoms with E-state index in [0.717, 1.165) is 5.56 Å². The van der Waals surface area contributed by atoms with Crippen LogP contribution in [0.5, 0.6) is 0 Å². The number of nitrogens with one attached hydrogen (secondary N) is 1. The molecule has 1 unspecified atom stereocenters. The van der Waals surface area contributed by atoms with Gasteiger partial charge in [-0.2, -0.15) is 0 Å². The maximum atomic E-state index is 12.0. The van der Waals surface area contributed by atoms with Crippen molar-refractivity contribution in [2.45, 2.75) is 27.3 Å². The molecule has 3 N–H and O–H groups in total. The molecule has 0 radical (unpaired) electrons. The van der Waals surface area contributed by atoms with Crippen molar-refractivity contribution in [3.63, 3.8) is 0 Å². The second-order valence-corrected chi connectivity index (χ2v) is 5.12. The maximum Gasteiger partial charge on any atom is 0.272 e. The standard InChI is InChI=1S/C14H21N3O3/c1-9(2)12(7-15)14(18)16-8-11-5-4-6-13(10(11)3)17(19)20/h4-6,9,12H,7-8,15H2,1-3H3,(H,16,18). The first-order valence-corrected chi connectivity index (χ1v) is 6.59. The van der Waals surface area contributed by atoms with Crippen molar-refractivity contribution in [1.82, 2.24) is 5.32 Å². The van der Waals surface area contributed by atoms with Gasteiger partial charge in [0.2, 0.25) is 5.91 Å². The van der Waals surface area contributed by atoms with E-state index in [1.165, 1.54) is 6.07 Å². The van der Waals surface area contributed by atoms with Gasteiger partial charge in [0.1, 0.15) is 0 Å². The number of hydrogen-bond donors (Lipinski definition) is 2. The summed E-state index contributed by atoms with van der Waals surface area (Å²) in [4.78, 5) is 22.4. The van der Waals surface area contributed by atoms with E-state index in [4.69, 9.17) is 5.73 Å². The van der Waals surface area contributed by atoms with Gasteiger partial charge in [-0.1, -0.05) is 26.0 Å². The van der Waals surface area contributed by atoms with Crippen LogP contribution in [0.3, 0.4) is 0 Å². The van der Waals surface area contributed by atoms with Gasteiger partial charge >= 0.3 is 0 Å². The molecule has 0 aliphatic heterocycles. The number of carbonyl (C=O) groups is 1. The first kappa shape index (κ1) is 16.1. The van der Waals surface area contributed by atoms with Crippen LogP contribution in [-0.4, -0.2) is 17.4 Å². The fraction of sp³-hybridized carbons (Fsp3) is 0.500. The molecule has 110 valence electrons. The van der Waals surface area contributed by atoms with E-state index >= 15 is 0 Å². The fourth-order valence-electron chi connectivity index (χ4n) is 2.05. The first-order chi connectivity index (χ1) is 9.38. The number of nitro benzene ring substituents is 1. The summed E-state index contributed by atoms with van der Waals surface area (Å²) in [5.41, 5.74) is 6.97. The molecule has 0 aliphatic carbocycles. The van der Waals surface area contributed by atoms with E-state index in [1.807, 2.05) is 13.8 Å². The predicted molar refractivity (Wildman–Crippen MR) is 77.1 cm³/mol. The van der Waals surface area contributed by atoms with Gasteiger partial charge in [0.15, 0.2) is 0 Å². The second kappa shape index (κ2) is 7.00. The first-order valence-electron chi connectivity index (χ1n) is 6.59. The number of benzene rings is 1. The molecule has 0 bridgehead atoms. The van der Waals surface area contributed by atoms with Crippen molar-refractivity contribution in [3.8, 4) is 0 Å². The van der Waals surface area contributed by atoms with Gasteiger partial charge in [-0.3, -0.25) is 14.9 Å². The average molecular weight is 279 g/mol. The Morgan fingerprint density at radius 3 is 2.60 bits per heavy atom. The van der Waals surface area contributed by atoms with Crippen molar-refractivity contribution in [2.75, 3.05) is 6.54 Å². The maximum absolute atomic E-state index is 12.0. The zero-order valence-corrected chi connectivity index (χ0v) is 12.1. The van der Waals surface area contributed by atoms with Gasteiger partial charge in [-0.25, -0.2) is 0 Å². The highest BCUT2D eigenvalue weighted by molar-refractivity contribution is 5.79. The number of nitrogens with two attached hydrogens (primary N) is 1. The number of hydrogen-bond acceptors (Lipinski definition) is 4. The van der Waals surface area contributed by atoms with Crippen molar-refractivity contribution in [2.24, 2.45) is 17.6 Å². The number of nitrogens with zero attached hydrogens (tertiary/aromatic N) is 1. The van der Waals surface area contributed by atoms with Gasteiger partial charge in [-0.05, 0) is 18.4 Å². The lowest BCUT2D eigenvalue weighted by molar-refractivity contribution is -0.385. The predicted octanol–water partition coefficient (Wildman–Crippen LogP) is 1.75. The highest BCUT2D eigenvalue weighted by Gasteiger charge is 2.20. The minimum Gasteiger partial charge on any atom is -0.352 e. The Labute approximate surface area is 118 Å². The molecule has 0 aliphatic rings. The summed E-state index contributed by atoms with van der Waals surface area (Å²) < 4.78 is 0. The monoisotopic (exact) mass is 279 g/mol. The zero-order valence-electron chi connectivity index (χ0n) is 12.1. The molecule has 1 aromatic rings. The molecule has 20 heavy (non-hydrogen) atoms. The Bertz CT molecular complexity index is 500. The summed E-state index contributed by atoms with van der Waals surface area (Å²) in [6.07, 6.45) is 0. The lowest BCUT2D eigenvalue weighted by atomic mass is 9.95. The Hall–Kier alpha value is -1.95. The Kier molecular flexibility index (Phi) is 5.64. The van der Waals surface area contributed by atoms with Gasteiger partial charge in [-0.15, -0.1) is 0 Å². The van der Waals surface area contributed by atoms with E-state index in [2.05, 4.69) is 5.32 Å². The van der Waals surface area contributed by atoms with Crippen molar-refractivity contribution in [3.05, 3.63) is 39.4 Å². The van der Waals surface area contributed by atoms with Crippen LogP contribution in [0.15, 0.2) is 18.2 Å². The van der Waals surface area contributed by atoms with E-state index in [-0.39, 0.29) is 36.5 Å². The molecule has 0 fully saturated rings. The van der Waals surface area contributed by atoms with E-state index in [0.29, 0.717) is 5.56 Å². The third kappa shape index (κ3) is 3.77. The van der Waals surface area contributed by atoms with Crippen LogP contribution in [0.2, 0.25) is 0 Å². The summed E-state index contributed by atoms with van der Waals surface area (Å²) in [7, 11) is 0. The summed E-state index contributed by atoms with van der Waals surface area (Å²) >= 11 is 0. The largest absolute Gasteiger partial charge is 0.352 e. The van der Waals surface area contributed by atoms with Gasteiger partial charge in [0.05, 0.1) is 10.8 Å². The van der Waals surface area contributed by atoms with Gasteiger partial charge in [0, 0.05) is 24.7 Å². The molecule has 6 heteroatoms. The molecule has 1 rings (SSSR count). The number of rotatable bonds is 6. The molecular weight excluding hydrogens is 258 g/mol. The van der Waals surface area contributed by atoms with E-state index in [1.54, 1.807) is 19.1 Å². The second-order valence-electron chi connectivity index (χ2n) is 5.12. The molecule has 1 atom stereocenters. The molecule has 1 amide bonds. The molecule has 0 saturated carbocycles. The zero-order chi connectivity index (χ0) is 15.3. The minimum atomic E-state index is -0.419. The number of amides is 1. The van der Waals surface area contributed by atoms with Crippen molar-refractivity contribution in [1.29, 1.82) is 0 Å². The number of nitro groups is 1. The average Bonchev–Trinajstić information content (AvgIpc) is 2.37. The van der Waals surface area contributed by atoms with E-state index in [9.17, 15) is 14.9 Å². The van der Waals surface area contributed by atoms with Crippen LogP contribution < -0.4 is 11.1 Å². The Morgan fingerprint density at radius 2 is 2.10 bits per heavy atom. The van der Waals surface area contributed by atoms with Crippen LogP contribution in [0.4, 0.5) is 5.69 Å². The third-order valence-electron chi connectivity index (χ3n) is 3.46. The Morgan fingerprint density at radius 1 is 1.45 bits per heavy atom. The SMILES string of the molecule is Cc1c(CNC(=O)C(CN)C(C)C)cccc1[N+](=O)[O-]. The summed E-state index contributed by atoms with van der Waals surface area (Å²) in [6, 6.07) is 4.85. The van der Waals surface area contributed by atoms with Gasteiger partial charge < -0.3 is 11.1 Å². The van der Waals surface area contributed by atoms with Crippen LogP contribution >= 0.6 is 0 Å². The fourth-order valence-corrected chi connectivity index (χ4v) is 2.05. The summed E-state index contributed by atoms with van der Waals surface area (Å²) in [5.74, 6) is -0.200. The molecule has 0 aromatic heterocycles. The lowest BCUT2D eigenvalue weighted by Gasteiger charge is -2.18. The van der Waals surface area contributed by atoms with Gasteiger partial charge in [0.25, 0.3) is 5.69 Å². The van der Waals surface area contributed by atoms with Crippen molar-refractivity contribution >= 4 is 11.6 Å². The molecule has 0 heterocycles. The van der Waals surface area contributed by atoms with Crippen LogP contribution in [0, 0.1) is 28.9 Å². The molecule has 0 saturated heterocycles. The molecular formula is C14H21N3O3. The van der Waals surface area contributed by atoms with E-state index < -0.39 is 4.92 Å². The van der Waals surface area contributed by atoms with Crippen LogP contribution in [0.25, 0.3) is 0 Å². The van der Waals surface area contributed by atoms with Crippen LogP contribution in [-0.2, 0) is 11.3 Å². The minimum absolute atomic E-state index is 0.0657. The van der Waals surface area contributed by atoms with Crippen LogP contribution in [0.1, 0.15) is 25.0 Å². The summed E-state index contributed by atoms with van der Waals surface area (Å²) in [6.45, 7) is 6.13. The highest BCUT2D eigenvalue weighted by atomic mass is 16.6. The quantitative estimate of drug-likeness (QED) is 0.612. The molecule has 1 aromatic carbocycles. The topological polar surface area (TPSA) is 98.3 Å². The lowest BCUT2D eigenvalue weighted by Crippen LogP contribution is -2.37. The normalized spacial score (nSPS) is 12.2. The Balaban J connectivity index is 2.78.